The zero-order valence-electron chi connectivity index (χ0n) is 11.9. The van der Waals surface area contributed by atoms with Crippen molar-refractivity contribution in [3.8, 4) is 0 Å². The molecule has 2 amide bonds. The number of hydrogen-bond donors (Lipinski definition) is 3. The zero-order chi connectivity index (χ0) is 15.1. The van der Waals surface area contributed by atoms with Crippen molar-refractivity contribution >= 4 is 17.6 Å². The number of rotatable bonds is 5. The van der Waals surface area contributed by atoms with Gasteiger partial charge in [-0.2, -0.15) is 0 Å². The van der Waals surface area contributed by atoms with Gasteiger partial charge >= 0.3 is 6.03 Å². The molecule has 116 valence electrons. The fraction of sp³-hybridized carbons (Fsp3) is 0.533. The molecule has 5 nitrogen and oxygen atoms in total. The Morgan fingerprint density at radius 1 is 1.33 bits per heavy atom. The highest BCUT2D eigenvalue weighted by atomic mass is 35.5. The van der Waals surface area contributed by atoms with Crippen LogP contribution >= 0.6 is 11.6 Å². The fourth-order valence-corrected chi connectivity index (χ4v) is 2.46. The predicted molar refractivity (Wildman–Crippen MR) is 81.6 cm³/mol. The van der Waals surface area contributed by atoms with Crippen LogP contribution in [-0.2, 0) is 11.2 Å². The van der Waals surface area contributed by atoms with E-state index in [1.165, 1.54) is 0 Å². The first-order chi connectivity index (χ1) is 10.1. The van der Waals surface area contributed by atoms with E-state index >= 15 is 0 Å². The maximum Gasteiger partial charge on any atom is 0.314 e. The Hall–Kier alpha value is -1.30. The van der Waals surface area contributed by atoms with Gasteiger partial charge in [0.2, 0.25) is 0 Å². The van der Waals surface area contributed by atoms with Gasteiger partial charge in [-0.15, -0.1) is 0 Å². The van der Waals surface area contributed by atoms with Gasteiger partial charge in [-0.05, 0) is 24.1 Å². The molecule has 21 heavy (non-hydrogen) atoms. The monoisotopic (exact) mass is 312 g/mol. The predicted octanol–water partition coefficient (Wildman–Crippen LogP) is 1.72. The van der Waals surface area contributed by atoms with E-state index < -0.39 is 5.60 Å². The van der Waals surface area contributed by atoms with E-state index in [9.17, 15) is 9.90 Å². The number of carbonyl (C=O) groups is 1. The van der Waals surface area contributed by atoms with Gasteiger partial charge < -0.3 is 20.5 Å². The first kappa shape index (κ1) is 16.1. The van der Waals surface area contributed by atoms with E-state index in [-0.39, 0.29) is 12.6 Å². The minimum absolute atomic E-state index is 0.249. The molecule has 6 heteroatoms. The van der Waals surface area contributed by atoms with E-state index in [1.807, 2.05) is 24.3 Å². The molecule has 1 heterocycles. The Morgan fingerprint density at radius 3 is 2.81 bits per heavy atom. The maximum absolute atomic E-state index is 11.7. The van der Waals surface area contributed by atoms with Crippen molar-refractivity contribution in [3.63, 3.8) is 0 Å². The van der Waals surface area contributed by atoms with E-state index in [0.29, 0.717) is 44.0 Å². The first-order valence-corrected chi connectivity index (χ1v) is 7.51. The van der Waals surface area contributed by atoms with Crippen LogP contribution in [0.25, 0.3) is 0 Å². The third-order valence-electron chi connectivity index (χ3n) is 3.59. The van der Waals surface area contributed by atoms with E-state index in [2.05, 4.69) is 10.6 Å². The Morgan fingerprint density at radius 2 is 2.10 bits per heavy atom. The molecule has 0 atom stereocenters. The molecule has 1 saturated heterocycles. The van der Waals surface area contributed by atoms with Crippen molar-refractivity contribution in [2.75, 3.05) is 26.3 Å². The molecule has 1 fully saturated rings. The lowest BCUT2D eigenvalue weighted by atomic mass is 9.94. The van der Waals surface area contributed by atoms with Gasteiger partial charge in [0.1, 0.15) is 0 Å². The van der Waals surface area contributed by atoms with Gasteiger partial charge in [0.15, 0.2) is 0 Å². The minimum Gasteiger partial charge on any atom is -0.388 e. The number of amides is 2. The van der Waals surface area contributed by atoms with Gasteiger partial charge in [-0.3, -0.25) is 0 Å². The van der Waals surface area contributed by atoms with Gasteiger partial charge in [0, 0.05) is 44.2 Å². The topological polar surface area (TPSA) is 70.6 Å². The molecule has 0 spiro atoms. The summed E-state index contributed by atoms with van der Waals surface area (Å²) >= 11 is 5.90. The molecule has 1 aromatic rings. The summed E-state index contributed by atoms with van der Waals surface area (Å²) in [4.78, 5) is 11.7. The zero-order valence-corrected chi connectivity index (χ0v) is 12.7. The van der Waals surface area contributed by atoms with Crippen LogP contribution in [0.15, 0.2) is 24.3 Å². The molecule has 0 unspecified atom stereocenters. The quantitative estimate of drug-likeness (QED) is 0.775. The van der Waals surface area contributed by atoms with E-state index in [0.717, 1.165) is 5.56 Å². The molecule has 0 saturated carbocycles. The minimum atomic E-state index is -0.845. The summed E-state index contributed by atoms with van der Waals surface area (Å²) in [6, 6.07) is 7.29. The molecule has 1 aliphatic rings. The molecule has 1 aliphatic heterocycles. The Labute approximate surface area is 129 Å². The summed E-state index contributed by atoms with van der Waals surface area (Å²) in [7, 11) is 0. The van der Waals surface area contributed by atoms with Crippen molar-refractivity contribution < 1.29 is 14.6 Å². The highest BCUT2D eigenvalue weighted by molar-refractivity contribution is 6.30. The highest BCUT2D eigenvalue weighted by Gasteiger charge is 2.29. The van der Waals surface area contributed by atoms with Crippen LogP contribution in [-0.4, -0.2) is 43.0 Å². The van der Waals surface area contributed by atoms with Crippen molar-refractivity contribution in [3.05, 3.63) is 34.9 Å². The van der Waals surface area contributed by atoms with Crippen LogP contribution < -0.4 is 10.6 Å². The summed E-state index contributed by atoms with van der Waals surface area (Å²) in [6.07, 6.45) is 1.82. The summed E-state index contributed by atoms with van der Waals surface area (Å²) in [5, 5.41) is 16.4. The molecule has 0 radical (unpaired) electrons. The number of aliphatic hydroxyl groups is 1. The summed E-state index contributed by atoms with van der Waals surface area (Å²) in [6.45, 7) is 1.84. The second kappa shape index (κ2) is 7.64. The van der Waals surface area contributed by atoms with Gasteiger partial charge in [-0.25, -0.2) is 4.79 Å². The molecule has 1 aromatic carbocycles. The third kappa shape index (κ3) is 5.53. The fourth-order valence-electron chi connectivity index (χ4n) is 2.25. The number of urea groups is 1. The standard InChI is InChI=1S/C15H21ClN2O3/c16-13-3-1-2-12(10-13)4-7-17-14(19)18-11-15(20)5-8-21-9-6-15/h1-3,10,20H,4-9,11H2,(H2,17,18,19). The van der Waals surface area contributed by atoms with Crippen LogP contribution in [0, 0.1) is 0 Å². The molecule has 0 aromatic heterocycles. The molecule has 0 aliphatic carbocycles. The number of carbonyl (C=O) groups excluding carboxylic acids is 1. The summed E-state index contributed by atoms with van der Waals surface area (Å²) in [5.74, 6) is 0. The number of ether oxygens (including phenoxy) is 1. The number of nitrogens with one attached hydrogen (secondary N) is 2. The lowest BCUT2D eigenvalue weighted by Crippen LogP contribution is -2.49. The van der Waals surface area contributed by atoms with Crippen LogP contribution in [0.4, 0.5) is 4.79 Å². The average molecular weight is 313 g/mol. The Balaban J connectivity index is 1.65. The van der Waals surface area contributed by atoms with Crippen LogP contribution in [0.1, 0.15) is 18.4 Å². The molecule has 3 N–H and O–H groups in total. The van der Waals surface area contributed by atoms with Crippen molar-refractivity contribution in [1.82, 2.24) is 10.6 Å². The van der Waals surface area contributed by atoms with Crippen LogP contribution in [0.3, 0.4) is 0 Å². The SMILES string of the molecule is O=C(NCCc1cccc(Cl)c1)NCC1(O)CCOCC1. The van der Waals surface area contributed by atoms with Crippen molar-refractivity contribution in [1.29, 1.82) is 0 Å². The van der Waals surface area contributed by atoms with E-state index in [1.54, 1.807) is 0 Å². The smallest absolute Gasteiger partial charge is 0.314 e. The average Bonchev–Trinajstić information content (AvgIpc) is 2.46. The van der Waals surface area contributed by atoms with Crippen LogP contribution in [0.2, 0.25) is 5.02 Å². The number of halogens is 1. The summed E-state index contributed by atoms with van der Waals surface area (Å²) < 4.78 is 5.20. The number of hydrogen-bond acceptors (Lipinski definition) is 3. The van der Waals surface area contributed by atoms with Gasteiger partial charge in [0.05, 0.1) is 5.60 Å². The van der Waals surface area contributed by atoms with E-state index in [4.69, 9.17) is 16.3 Å². The molecular weight excluding hydrogens is 292 g/mol. The van der Waals surface area contributed by atoms with Crippen LogP contribution in [0.5, 0.6) is 0 Å². The normalized spacial score (nSPS) is 17.2. The Kier molecular flexibility index (Phi) is 5.85. The third-order valence-corrected chi connectivity index (χ3v) is 3.82. The lowest BCUT2D eigenvalue weighted by Gasteiger charge is -2.32. The highest BCUT2D eigenvalue weighted by Crippen LogP contribution is 2.19. The van der Waals surface area contributed by atoms with Crippen molar-refractivity contribution in [2.45, 2.75) is 24.9 Å². The maximum atomic E-state index is 11.7. The number of benzene rings is 1. The summed E-state index contributed by atoms with van der Waals surface area (Å²) in [5.41, 5.74) is 0.230. The largest absolute Gasteiger partial charge is 0.388 e. The van der Waals surface area contributed by atoms with Gasteiger partial charge in [0.25, 0.3) is 0 Å². The Bertz CT molecular complexity index is 476. The first-order valence-electron chi connectivity index (χ1n) is 7.14. The molecule has 0 bridgehead atoms. The van der Waals surface area contributed by atoms with Crippen molar-refractivity contribution in [2.24, 2.45) is 0 Å². The lowest BCUT2D eigenvalue weighted by molar-refractivity contribution is -0.0600. The second-order valence-corrected chi connectivity index (χ2v) is 5.76. The van der Waals surface area contributed by atoms with Gasteiger partial charge in [-0.1, -0.05) is 23.7 Å². The second-order valence-electron chi connectivity index (χ2n) is 5.33. The molecular formula is C15H21ClN2O3. The molecule has 2 rings (SSSR count).